The van der Waals surface area contributed by atoms with Crippen molar-refractivity contribution < 1.29 is 24.2 Å². The Hall–Kier alpha value is -3.39. The topological polar surface area (TPSA) is 99.2 Å². The smallest absolute Gasteiger partial charge is 0.407 e. The monoisotopic (exact) mass is 467 g/mol. The molecule has 3 rings (SSSR count). The molecule has 34 heavy (non-hydrogen) atoms. The highest BCUT2D eigenvalue weighted by atomic mass is 16.5. The van der Waals surface area contributed by atoms with E-state index in [-0.39, 0.29) is 18.6 Å². The van der Waals surface area contributed by atoms with Gasteiger partial charge in [-0.3, -0.25) is 9.59 Å². The second-order valence-corrected chi connectivity index (χ2v) is 8.86. The van der Waals surface area contributed by atoms with Gasteiger partial charge >= 0.3 is 12.1 Å². The molecule has 0 spiro atoms. The van der Waals surface area contributed by atoms with E-state index in [1.54, 1.807) is 4.90 Å². The van der Waals surface area contributed by atoms with Crippen molar-refractivity contribution >= 4 is 18.0 Å². The van der Waals surface area contributed by atoms with Crippen LogP contribution in [0.3, 0.4) is 0 Å². The van der Waals surface area contributed by atoms with Crippen LogP contribution in [0.2, 0.25) is 0 Å². The number of ether oxygens (including phenoxy) is 1. The van der Waals surface area contributed by atoms with Crippen LogP contribution in [-0.2, 0) is 14.3 Å². The molecule has 2 unspecified atom stereocenters. The lowest BCUT2D eigenvalue weighted by Crippen LogP contribution is -2.53. The van der Waals surface area contributed by atoms with Crippen molar-refractivity contribution in [3.8, 4) is 11.1 Å². The molecule has 0 heterocycles. The lowest BCUT2D eigenvalue weighted by molar-refractivity contribution is -0.143. The molecule has 0 aliphatic heterocycles. The van der Waals surface area contributed by atoms with Gasteiger partial charge < -0.3 is 25.0 Å². The van der Waals surface area contributed by atoms with Crippen molar-refractivity contribution in [3.63, 3.8) is 0 Å². The molecule has 2 N–H and O–H groups in total. The van der Waals surface area contributed by atoms with Crippen molar-refractivity contribution in [2.24, 2.45) is 0 Å². The number of carboxylic acid groups (broad SMARTS) is 1. The number of fused-ring (bicyclic) bond motifs is 3. The van der Waals surface area contributed by atoms with E-state index >= 15 is 0 Å². The molecule has 0 saturated heterocycles. The van der Waals surface area contributed by atoms with Gasteiger partial charge in [-0.25, -0.2) is 4.79 Å². The molecule has 0 bridgehead atoms. The number of likely N-dealkylation sites (N-methyl/N-ethyl adjacent to an activating group) is 2. The summed E-state index contributed by atoms with van der Waals surface area (Å²) in [6.07, 6.45) is -1.33. The maximum Gasteiger partial charge on any atom is 0.407 e. The summed E-state index contributed by atoms with van der Waals surface area (Å²) in [4.78, 5) is 40.8. The van der Waals surface area contributed by atoms with Crippen LogP contribution < -0.4 is 5.32 Å². The fraction of sp³-hybridized carbons (Fsp3) is 0.423. The van der Waals surface area contributed by atoms with E-state index in [9.17, 15) is 19.5 Å². The van der Waals surface area contributed by atoms with Crippen LogP contribution in [-0.4, -0.2) is 78.8 Å². The summed E-state index contributed by atoms with van der Waals surface area (Å²) in [6.45, 7) is 4.82. The van der Waals surface area contributed by atoms with Gasteiger partial charge in [0, 0.05) is 25.0 Å². The summed E-state index contributed by atoms with van der Waals surface area (Å²) in [5.74, 6) is -1.74. The van der Waals surface area contributed by atoms with Gasteiger partial charge in [-0.1, -0.05) is 48.5 Å². The summed E-state index contributed by atoms with van der Waals surface area (Å²) < 4.78 is 5.52. The van der Waals surface area contributed by atoms with Crippen LogP contribution in [0.5, 0.6) is 0 Å². The predicted molar refractivity (Wildman–Crippen MR) is 130 cm³/mol. The first-order valence-corrected chi connectivity index (χ1v) is 11.5. The third kappa shape index (κ3) is 5.75. The summed E-state index contributed by atoms with van der Waals surface area (Å²) in [6, 6.07) is 14.6. The van der Waals surface area contributed by atoms with E-state index in [1.807, 2.05) is 81.4 Å². The maximum absolute atomic E-state index is 13.1. The molecule has 182 valence electrons. The molecule has 2 aromatic carbocycles. The van der Waals surface area contributed by atoms with E-state index < -0.39 is 30.4 Å². The third-order valence-electron chi connectivity index (χ3n) is 6.10. The lowest BCUT2D eigenvalue weighted by Gasteiger charge is -2.32. The molecule has 0 fully saturated rings. The largest absolute Gasteiger partial charge is 0.481 e. The standard InChI is InChI=1S/C26H33N3O5/c1-5-29(17(2)15-28(3)4)25(32)23(14-24(30)31)27-26(33)34-16-22-20-12-8-6-10-18(20)19-11-7-9-13-21(19)22/h6-13,17,22-23H,5,14-16H2,1-4H3,(H,27,33)(H,30,31). The molecular formula is C26H33N3O5. The van der Waals surface area contributed by atoms with E-state index in [0.717, 1.165) is 22.3 Å². The Bertz CT molecular complexity index is 993. The average Bonchev–Trinajstić information content (AvgIpc) is 3.10. The molecule has 8 heteroatoms. The highest BCUT2D eigenvalue weighted by Gasteiger charge is 2.32. The van der Waals surface area contributed by atoms with Crippen molar-refractivity contribution in [1.29, 1.82) is 0 Å². The van der Waals surface area contributed by atoms with Crippen LogP contribution in [0, 0.1) is 0 Å². The molecule has 1 aliphatic carbocycles. The fourth-order valence-electron chi connectivity index (χ4n) is 4.67. The second kappa shape index (κ2) is 11.2. The zero-order valence-electron chi connectivity index (χ0n) is 20.2. The van der Waals surface area contributed by atoms with Gasteiger partial charge in [-0.15, -0.1) is 0 Å². The number of carboxylic acids is 1. The number of alkyl carbamates (subject to hydrolysis) is 1. The van der Waals surface area contributed by atoms with Crippen LogP contribution in [0.4, 0.5) is 4.79 Å². The van der Waals surface area contributed by atoms with Crippen LogP contribution in [0.25, 0.3) is 11.1 Å². The Labute approximate surface area is 200 Å². The van der Waals surface area contributed by atoms with Crippen molar-refractivity contribution in [1.82, 2.24) is 15.1 Å². The average molecular weight is 468 g/mol. The van der Waals surface area contributed by atoms with Crippen LogP contribution >= 0.6 is 0 Å². The highest BCUT2D eigenvalue weighted by molar-refractivity contribution is 5.89. The van der Waals surface area contributed by atoms with E-state index in [2.05, 4.69) is 5.32 Å². The molecule has 8 nitrogen and oxygen atoms in total. The van der Waals surface area contributed by atoms with Crippen molar-refractivity contribution in [3.05, 3.63) is 59.7 Å². The Morgan fingerprint density at radius 2 is 1.59 bits per heavy atom. The summed E-state index contributed by atoms with van der Waals surface area (Å²) in [7, 11) is 3.80. The molecule has 1 aliphatic rings. The number of hydrogen-bond donors (Lipinski definition) is 2. The maximum atomic E-state index is 13.1. The van der Waals surface area contributed by atoms with Gasteiger partial charge in [0.15, 0.2) is 0 Å². The molecule has 0 saturated carbocycles. The summed E-state index contributed by atoms with van der Waals surface area (Å²) in [5.41, 5.74) is 4.37. The quantitative estimate of drug-likeness (QED) is 0.557. The van der Waals surface area contributed by atoms with Gasteiger partial charge in [0.1, 0.15) is 12.6 Å². The Morgan fingerprint density at radius 3 is 2.09 bits per heavy atom. The highest BCUT2D eigenvalue weighted by Crippen LogP contribution is 2.44. The fourth-order valence-corrected chi connectivity index (χ4v) is 4.67. The number of amides is 2. The normalized spacial score (nSPS) is 14.1. The molecular weight excluding hydrogens is 434 g/mol. The number of carbonyl (C=O) groups excluding carboxylic acids is 2. The molecule has 2 amide bonds. The molecule has 0 radical (unpaired) electrons. The summed E-state index contributed by atoms with van der Waals surface area (Å²) >= 11 is 0. The molecule has 2 atom stereocenters. The predicted octanol–water partition coefficient (Wildman–Crippen LogP) is 3.17. The number of nitrogens with one attached hydrogen (secondary N) is 1. The minimum atomic E-state index is -1.21. The van der Waals surface area contributed by atoms with Gasteiger partial charge in [0.05, 0.1) is 6.42 Å². The number of carbonyl (C=O) groups is 3. The van der Waals surface area contributed by atoms with Crippen LogP contribution in [0.15, 0.2) is 48.5 Å². The zero-order valence-corrected chi connectivity index (χ0v) is 20.2. The molecule has 0 aromatic heterocycles. The first-order chi connectivity index (χ1) is 16.2. The number of rotatable bonds is 10. The lowest BCUT2D eigenvalue weighted by atomic mass is 9.98. The van der Waals surface area contributed by atoms with E-state index in [4.69, 9.17) is 4.74 Å². The third-order valence-corrected chi connectivity index (χ3v) is 6.10. The number of hydrogen-bond acceptors (Lipinski definition) is 5. The number of aliphatic carboxylic acids is 1. The SMILES string of the molecule is CCN(C(=O)C(CC(=O)O)NC(=O)OCC1c2ccccc2-c2ccccc21)C(C)CN(C)C. The zero-order chi connectivity index (χ0) is 24.8. The summed E-state index contributed by atoms with van der Waals surface area (Å²) in [5, 5.41) is 11.8. The van der Waals surface area contributed by atoms with E-state index in [1.165, 1.54) is 0 Å². The first kappa shape index (κ1) is 25.2. The van der Waals surface area contributed by atoms with E-state index in [0.29, 0.717) is 13.1 Å². The van der Waals surface area contributed by atoms with Crippen LogP contribution in [0.1, 0.15) is 37.3 Å². The van der Waals surface area contributed by atoms with Crippen molar-refractivity contribution in [2.45, 2.75) is 38.3 Å². The van der Waals surface area contributed by atoms with Gasteiger partial charge in [-0.2, -0.15) is 0 Å². The Balaban J connectivity index is 1.70. The number of benzene rings is 2. The Morgan fingerprint density at radius 1 is 1.03 bits per heavy atom. The van der Waals surface area contributed by atoms with Crippen molar-refractivity contribution in [2.75, 3.05) is 33.8 Å². The molecule has 2 aromatic rings. The number of nitrogens with zero attached hydrogens (tertiary/aromatic N) is 2. The van der Waals surface area contributed by atoms with Gasteiger partial charge in [0.2, 0.25) is 5.91 Å². The minimum Gasteiger partial charge on any atom is -0.481 e. The minimum absolute atomic E-state index is 0.0857. The second-order valence-electron chi connectivity index (χ2n) is 8.86. The van der Waals surface area contributed by atoms with Gasteiger partial charge in [0.25, 0.3) is 0 Å². The first-order valence-electron chi connectivity index (χ1n) is 11.5. The Kier molecular flexibility index (Phi) is 8.28. The van der Waals surface area contributed by atoms with Gasteiger partial charge in [-0.05, 0) is 50.2 Å².